The van der Waals surface area contributed by atoms with Gasteiger partial charge in [0.15, 0.2) is 0 Å². The van der Waals surface area contributed by atoms with E-state index >= 15 is 0 Å². The Labute approximate surface area is 151 Å². The number of phenols is 1. The molecule has 0 heterocycles. The molecular formula is C19H13F3N2O3. The van der Waals surface area contributed by atoms with E-state index in [0.717, 1.165) is 35.0 Å². The molecule has 138 valence electrons. The average molecular weight is 374 g/mol. The maximum atomic E-state index is 12.5. The monoisotopic (exact) mass is 374 g/mol. The lowest BCUT2D eigenvalue weighted by Crippen LogP contribution is -2.41. The number of halogens is 3. The Balaban J connectivity index is 1.70. The van der Waals surface area contributed by atoms with E-state index in [9.17, 15) is 27.9 Å². The molecule has 5 nitrogen and oxygen atoms in total. The summed E-state index contributed by atoms with van der Waals surface area (Å²) in [5.41, 5.74) is 3.22. The second kappa shape index (κ2) is 6.99. The van der Waals surface area contributed by atoms with Crippen molar-refractivity contribution >= 4 is 22.6 Å². The molecule has 3 N–H and O–H groups in total. The van der Waals surface area contributed by atoms with Gasteiger partial charge in [-0.3, -0.25) is 20.4 Å². The summed E-state index contributed by atoms with van der Waals surface area (Å²) in [6, 6.07) is 13.5. The summed E-state index contributed by atoms with van der Waals surface area (Å²) < 4.78 is 37.6. The number of aromatic hydroxyl groups is 1. The third-order valence-corrected chi connectivity index (χ3v) is 3.87. The van der Waals surface area contributed by atoms with Crippen molar-refractivity contribution in [1.29, 1.82) is 0 Å². The van der Waals surface area contributed by atoms with Gasteiger partial charge in [0.2, 0.25) is 0 Å². The molecule has 0 spiro atoms. The Bertz CT molecular complexity index is 1010. The van der Waals surface area contributed by atoms with E-state index in [2.05, 4.69) is 10.9 Å². The molecule has 3 rings (SSSR count). The van der Waals surface area contributed by atoms with Crippen LogP contribution in [0.4, 0.5) is 13.2 Å². The second-order valence-corrected chi connectivity index (χ2v) is 5.70. The predicted molar refractivity (Wildman–Crippen MR) is 92.0 cm³/mol. The van der Waals surface area contributed by atoms with Crippen LogP contribution in [0.5, 0.6) is 5.75 Å². The molecule has 0 aliphatic rings. The van der Waals surface area contributed by atoms with Crippen molar-refractivity contribution in [3.05, 3.63) is 77.4 Å². The van der Waals surface area contributed by atoms with Crippen LogP contribution in [0.2, 0.25) is 0 Å². The van der Waals surface area contributed by atoms with Crippen molar-refractivity contribution in [1.82, 2.24) is 10.9 Å². The average Bonchev–Trinajstić information content (AvgIpc) is 2.64. The highest BCUT2D eigenvalue weighted by atomic mass is 19.4. The van der Waals surface area contributed by atoms with E-state index in [-0.39, 0.29) is 16.9 Å². The SMILES string of the molecule is O=C(NNC(=O)c1cc2ccccc2cc1O)c1ccc(C(F)(F)F)cc1. The normalized spacial score (nSPS) is 11.2. The van der Waals surface area contributed by atoms with E-state index in [1.54, 1.807) is 24.3 Å². The molecule has 0 saturated carbocycles. The first-order chi connectivity index (χ1) is 12.8. The fraction of sp³-hybridized carbons (Fsp3) is 0.0526. The van der Waals surface area contributed by atoms with Gasteiger partial charge in [0.05, 0.1) is 11.1 Å². The number of carbonyl (C=O) groups is 2. The minimum atomic E-state index is -4.50. The van der Waals surface area contributed by atoms with Crippen LogP contribution < -0.4 is 10.9 Å². The van der Waals surface area contributed by atoms with E-state index in [0.29, 0.717) is 0 Å². The van der Waals surface area contributed by atoms with Gasteiger partial charge in [0.1, 0.15) is 5.75 Å². The molecule has 0 aliphatic carbocycles. The van der Waals surface area contributed by atoms with Gasteiger partial charge in [-0.05, 0) is 47.2 Å². The number of carbonyl (C=O) groups excluding carboxylic acids is 2. The van der Waals surface area contributed by atoms with Gasteiger partial charge in [-0.25, -0.2) is 0 Å². The molecule has 0 fully saturated rings. The van der Waals surface area contributed by atoms with E-state index in [1.165, 1.54) is 12.1 Å². The summed E-state index contributed by atoms with van der Waals surface area (Å²) in [6.45, 7) is 0. The summed E-state index contributed by atoms with van der Waals surface area (Å²) >= 11 is 0. The minimum Gasteiger partial charge on any atom is -0.507 e. The zero-order valence-electron chi connectivity index (χ0n) is 13.7. The summed E-state index contributed by atoms with van der Waals surface area (Å²) in [4.78, 5) is 24.2. The van der Waals surface area contributed by atoms with Gasteiger partial charge in [0, 0.05) is 5.56 Å². The first-order valence-electron chi connectivity index (χ1n) is 7.75. The summed E-state index contributed by atoms with van der Waals surface area (Å²) in [5.74, 6) is -1.83. The van der Waals surface area contributed by atoms with Crippen LogP contribution in [0.15, 0.2) is 60.7 Å². The van der Waals surface area contributed by atoms with Crippen LogP contribution in [0.25, 0.3) is 10.8 Å². The third-order valence-electron chi connectivity index (χ3n) is 3.87. The fourth-order valence-electron chi connectivity index (χ4n) is 2.47. The maximum absolute atomic E-state index is 12.5. The first kappa shape index (κ1) is 18.2. The van der Waals surface area contributed by atoms with E-state index < -0.39 is 23.6 Å². The fourth-order valence-corrected chi connectivity index (χ4v) is 2.47. The largest absolute Gasteiger partial charge is 0.507 e. The Hall–Kier alpha value is -3.55. The Morgan fingerprint density at radius 2 is 1.37 bits per heavy atom. The lowest BCUT2D eigenvalue weighted by atomic mass is 10.1. The van der Waals surface area contributed by atoms with Crippen molar-refractivity contribution in [2.75, 3.05) is 0 Å². The number of fused-ring (bicyclic) bond motifs is 1. The van der Waals surface area contributed by atoms with Crippen LogP contribution >= 0.6 is 0 Å². The number of hydrazine groups is 1. The maximum Gasteiger partial charge on any atom is 0.416 e. The predicted octanol–water partition coefficient (Wildman–Crippen LogP) is 3.64. The highest BCUT2D eigenvalue weighted by molar-refractivity contribution is 6.03. The number of phenolic OH excluding ortho intramolecular Hbond substituents is 1. The number of rotatable bonds is 2. The lowest BCUT2D eigenvalue weighted by Gasteiger charge is -2.10. The van der Waals surface area contributed by atoms with Gasteiger partial charge in [-0.1, -0.05) is 24.3 Å². The van der Waals surface area contributed by atoms with Crippen LogP contribution in [-0.2, 0) is 6.18 Å². The van der Waals surface area contributed by atoms with Crippen LogP contribution in [-0.4, -0.2) is 16.9 Å². The van der Waals surface area contributed by atoms with Crippen molar-refractivity contribution in [2.24, 2.45) is 0 Å². The molecule has 3 aromatic carbocycles. The Morgan fingerprint density at radius 3 is 1.96 bits per heavy atom. The highest BCUT2D eigenvalue weighted by Gasteiger charge is 2.30. The van der Waals surface area contributed by atoms with Crippen molar-refractivity contribution in [2.45, 2.75) is 6.18 Å². The van der Waals surface area contributed by atoms with E-state index in [4.69, 9.17) is 0 Å². The molecule has 0 radical (unpaired) electrons. The second-order valence-electron chi connectivity index (χ2n) is 5.70. The molecule has 27 heavy (non-hydrogen) atoms. The van der Waals surface area contributed by atoms with Crippen LogP contribution in [0.1, 0.15) is 26.3 Å². The molecule has 0 aromatic heterocycles. The Kier molecular flexibility index (Phi) is 4.72. The summed E-state index contributed by atoms with van der Waals surface area (Å²) in [6.07, 6.45) is -4.50. The third kappa shape index (κ3) is 4.00. The van der Waals surface area contributed by atoms with Crippen molar-refractivity contribution in [3.63, 3.8) is 0 Å². The topological polar surface area (TPSA) is 78.4 Å². The van der Waals surface area contributed by atoms with Crippen molar-refractivity contribution < 1.29 is 27.9 Å². The van der Waals surface area contributed by atoms with Gasteiger partial charge >= 0.3 is 6.18 Å². The molecule has 2 amide bonds. The van der Waals surface area contributed by atoms with Crippen LogP contribution in [0, 0.1) is 0 Å². The van der Waals surface area contributed by atoms with Gasteiger partial charge < -0.3 is 5.11 Å². The van der Waals surface area contributed by atoms with Gasteiger partial charge in [-0.2, -0.15) is 13.2 Å². The number of amides is 2. The molecule has 8 heteroatoms. The highest BCUT2D eigenvalue weighted by Crippen LogP contribution is 2.29. The molecular weight excluding hydrogens is 361 g/mol. The van der Waals surface area contributed by atoms with Crippen molar-refractivity contribution in [3.8, 4) is 5.75 Å². The number of alkyl halides is 3. The zero-order valence-corrected chi connectivity index (χ0v) is 13.7. The van der Waals surface area contributed by atoms with Gasteiger partial charge in [0.25, 0.3) is 11.8 Å². The van der Waals surface area contributed by atoms with Gasteiger partial charge in [-0.15, -0.1) is 0 Å². The van der Waals surface area contributed by atoms with Crippen LogP contribution in [0.3, 0.4) is 0 Å². The first-order valence-corrected chi connectivity index (χ1v) is 7.75. The minimum absolute atomic E-state index is 0.0542. The van der Waals surface area contributed by atoms with E-state index in [1.807, 2.05) is 0 Å². The molecule has 0 bridgehead atoms. The number of benzene rings is 3. The smallest absolute Gasteiger partial charge is 0.416 e. The zero-order chi connectivity index (χ0) is 19.6. The number of hydrogen-bond donors (Lipinski definition) is 3. The standard InChI is InChI=1S/C19H13F3N2O3/c20-19(21,22)14-7-5-11(6-8-14)17(26)23-24-18(27)15-9-12-3-1-2-4-13(12)10-16(15)25/h1-10,25H,(H,23,26)(H,24,27). The molecule has 0 atom stereocenters. The molecule has 3 aromatic rings. The number of nitrogens with one attached hydrogen (secondary N) is 2. The lowest BCUT2D eigenvalue weighted by molar-refractivity contribution is -0.137. The Morgan fingerprint density at radius 1 is 0.815 bits per heavy atom. The molecule has 0 aliphatic heterocycles. The number of hydrogen-bond acceptors (Lipinski definition) is 3. The summed E-state index contributed by atoms with van der Waals surface area (Å²) in [5, 5.41) is 11.4. The quantitative estimate of drug-likeness (QED) is 0.600. The summed E-state index contributed by atoms with van der Waals surface area (Å²) in [7, 11) is 0. The molecule has 0 saturated heterocycles. The molecule has 0 unspecified atom stereocenters.